The zero-order valence-electron chi connectivity index (χ0n) is 19.2. The van der Waals surface area contributed by atoms with Gasteiger partial charge >= 0.3 is 6.36 Å². The first-order chi connectivity index (χ1) is 16.4. The molecule has 13 heteroatoms. The number of hydrogen-bond donors (Lipinski definition) is 3. The van der Waals surface area contributed by atoms with Crippen LogP contribution in [0.2, 0.25) is 0 Å². The molecular formula is C22H26F3N3O6S. The summed E-state index contributed by atoms with van der Waals surface area (Å²) in [5, 5.41) is 5.08. The predicted octanol–water partition coefficient (Wildman–Crippen LogP) is 3.88. The molecule has 3 N–H and O–H groups in total. The van der Waals surface area contributed by atoms with E-state index in [1.165, 1.54) is 30.3 Å². The van der Waals surface area contributed by atoms with E-state index in [9.17, 15) is 31.2 Å². The normalized spacial score (nSPS) is 13.3. The summed E-state index contributed by atoms with van der Waals surface area (Å²) in [5.41, 5.74) is 0.0573. The molecule has 0 spiro atoms. The Bertz CT molecular complexity index is 1140. The Morgan fingerprint density at radius 1 is 1.11 bits per heavy atom. The van der Waals surface area contributed by atoms with Gasteiger partial charge in [-0.15, -0.1) is 13.2 Å². The fourth-order valence-corrected chi connectivity index (χ4v) is 4.25. The van der Waals surface area contributed by atoms with Gasteiger partial charge in [0.15, 0.2) is 0 Å². The van der Waals surface area contributed by atoms with Crippen molar-refractivity contribution < 1.29 is 40.7 Å². The van der Waals surface area contributed by atoms with E-state index in [4.69, 9.17) is 4.74 Å². The van der Waals surface area contributed by atoms with Crippen LogP contribution in [0.15, 0.2) is 47.4 Å². The Hall–Kier alpha value is -3.48. The van der Waals surface area contributed by atoms with Gasteiger partial charge in [-0.2, -0.15) is 0 Å². The summed E-state index contributed by atoms with van der Waals surface area (Å²) in [5.74, 6) is -1.35. The van der Waals surface area contributed by atoms with Crippen molar-refractivity contribution in [1.82, 2.24) is 5.32 Å². The SMILES string of the molecule is CCOc1cc(NC(=O)[C@@H](NC=O)C(C)CC)ccc1S(=O)(=O)Nc1cccc(OC(F)(F)F)c1. The van der Waals surface area contributed by atoms with Crippen LogP contribution in [0.5, 0.6) is 11.5 Å². The highest BCUT2D eigenvalue weighted by Crippen LogP contribution is 2.31. The van der Waals surface area contributed by atoms with Gasteiger partial charge in [-0.25, -0.2) is 8.42 Å². The molecule has 2 atom stereocenters. The Balaban J connectivity index is 2.31. The monoisotopic (exact) mass is 517 g/mol. The van der Waals surface area contributed by atoms with Crippen LogP contribution in [0, 0.1) is 5.92 Å². The van der Waals surface area contributed by atoms with Gasteiger partial charge in [0.1, 0.15) is 22.4 Å². The quantitative estimate of drug-likeness (QED) is 0.367. The van der Waals surface area contributed by atoms with E-state index in [1.807, 2.05) is 6.92 Å². The molecule has 2 rings (SSSR count). The lowest BCUT2D eigenvalue weighted by molar-refractivity contribution is -0.274. The molecule has 0 saturated carbocycles. The number of carbonyl (C=O) groups is 2. The molecule has 35 heavy (non-hydrogen) atoms. The number of alkyl halides is 3. The van der Waals surface area contributed by atoms with Crippen molar-refractivity contribution in [3.05, 3.63) is 42.5 Å². The second kappa shape index (κ2) is 11.8. The first-order valence-corrected chi connectivity index (χ1v) is 12.0. The number of anilines is 2. The van der Waals surface area contributed by atoms with E-state index in [0.717, 1.165) is 12.1 Å². The number of benzene rings is 2. The average Bonchev–Trinajstić information content (AvgIpc) is 2.76. The van der Waals surface area contributed by atoms with Crippen molar-refractivity contribution in [3.63, 3.8) is 0 Å². The van der Waals surface area contributed by atoms with Crippen molar-refractivity contribution in [2.45, 2.75) is 44.5 Å². The van der Waals surface area contributed by atoms with Gasteiger partial charge in [0, 0.05) is 17.8 Å². The Morgan fingerprint density at radius 2 is 1.83 bits per heavy atom. The number of halogens is 3. The highest BCUT2D eigenvalue weighted by molar-refractivity contribution is 7.92. The summed E-state index contributed by atoms with van der Waals surface area (Å²) < 4.78 is 74.8. The Morgan fingerprint density at radius 3 is 2.43 bits per heavy atom. The molecule has 0 fully saturated rings. The highest BCUT2D eigenvalue weighted by atomic mass is 32.2. The summed E-state index contributed by atoms with van der Waals surface area (Å²) in [6.45, 7) is 5.38. The second-order valence-electron chi connectivity index (χ2n) is 7.41. The maximum absolute atomic E-state index is 13.0. The zero-order valence-corrected chi connectivity index (χ0v) is 20.0. The molecule has 2 aromatic rings. The number of rotatable bonds is 12. The molecule has 9 nitrogen and oxygen atoms in total. The summed E-state index contributed by atoms with van der Waals surface area (Å²) in [6, 6.07) is 7.37. The first kappa shape index (κ1) is 27.8. The number of nitrogens with one attached hydrogen (secondary N) is 3. The molecule has 0 bridgehead atoms. The van der Waals surface area contributed by atoms with Gasteiger partial charge in [-0.1, -0.05) is 26.3 Å². The third-order valence-corrected chi connectivity index (χ3v) is 6.28. The van der Waals surface area contributed by atoms with E-state index in [-0.39, 0.29) is 34.5 Å². The summed E-state index contributed by atoms with van der Waals surface area (Å²) in [4.78, 5) is 23.2. The molecule has 1 unspecified atom stereocenters. The molecule has 0 aromatic heterocycles. The first-order valence-electron chi connectivity index (χ1n) is 10.6. The minimum absolute atomic E-state index is 0.0936. The summed E-state index contributed by atoms with van der Waals surface area (Å²) in [7, 11) is -4.30. The molecule has 2 aromatic carbocycles. The van der Waals surface area contributed by atoms with Crippen molar-refractivity contribution in [2.24, 2.45) is 5.92 Å². The lowest BCUT2D eigenvalue weighted by atomic mass is 9.98. The van der Waals surface area contributed by atoms with Crippen LogP contribution in [-0.4, -0.2) is 39.7 Å². The van der Waals surface area contributed by atoms with E-state index >= 15 is 0 Å². The van der Waals surface area contributed by atoms with Gasteiger partial charge < -0.3 is 20.1 Å². The van der Waals surface area contributed by atoms with E-state index in [2.05, 4.69) is 20.1 Å². The maximum atomic E-state index is 13.0. The lowest BCUT2D eigenvalue weighted by Crippen LogP contribution is -2.44. The van der Waals surface area contributed by atoms with Crippen LogP contribution >= 0.6 is 0 Å². The Kier molecular flexibility index (Phi) is 9.34. The second-order valence-corrected chi connectivity index (χ2v) is 9.06. The number of carbonyl (C=O) groups excluding carboxylic acids is 2. The molecule has 2 amide bonds. The van der Waals surface area contributed by atoms with Crippen LogP contribution in [0.4, 0.5) is 24.5 Å². The fraction of sp³-hybridized carbons (Fsp3) is 0.364. The minimum Gasteiger partial charge on any atom is -0.492 e. The van der Waals surface area contributed by atoms with Crippen molar-refractivity contribution in [2.75, 3.05) is 16.6 Å². The van der Waals surface area contributed by atoms with Crippen LogP contribution < -0.4 is 24.8 Å². The van der Waals surface area contributed by atoms with Crippen molar-refractivity contribution in [3.8, 4) is 11.5 Å². The van der Waals surface area contributed by atoms with Crippen molar-refractivity contribution >= 4 is 33.7 Å². The van der Waals surface area contributed by atoms with E-state index in [1.54, 1.807) is 13.8 Å². The van der Waals surface area contributed by atoms with Gasteiger partial charge in [0.2, 0.25) is 12.3 Å². The van der Waals surface area contributed by atoms with Gasteiger partial charge in [-0.05, 0) is 37.1 Å². The van der Waals surface area contributed by atoms with Crippen LogP contribution in [0.3, 0.4) is 0 Å². The number of ether oxygens (including phenoxy) is 2. The summed E-state index contributed by atoms with van der Waals surface area (Å²) >= 11 is 0. The highest BCUT2D eigenvalue weighted by Gasteiger charge is 2.31. The van der Waals surface area contributed by atoms with Crippen LogP contribution in [-0.2, 0) is 19.6 Å². The third-order valence-electron chi connectivity index (χ3n) is 4.86. The Labute approximate surface area is 201 Å². The number of hydrogen-bond acceptors (Lipinski definition) is 6. The molecule has 0 aliphatic heterocycles. The predicted molar refractivity (Wildman–Crippen MR) is 123 cm³/mol. The largest absolute Gasteiger partial charge is 0.573 e. The molecule has 0 aliphatic rings. The molecule has 0 heterocycles. The standard InChI is InChI=1S/C22H26F3N3O6S/c1-4-14(3)20(26-13-29)21(30)27-15-9-10-19(18(12-15)33-5-2)35(31,32)28-16-7-6-8-17(11-16)34-22(23,24)25/h6-14,20,28H,4-5H2,1-3H3,(H,26,29)(H,27,30)/t14?,20-/m0/s1. The molecule has 0 radical (unpaired) electrons. The maximum Gasteiger partial charge on any atom is 0.573 e. The third kappa shape index (κ3) is 8.05. The topological polar surface area (TPSA) is 123 Å². The lowest BCUT2D eigenvalue weighted by Gasteiger charge is -2.22. The molecule has 0 aliphatic carbocycles. The summed E-state index contributed by atoms with van der Waals surface area (Å²) in [6.07, 6.45) is -3.88. The van der Waals surface area contributed by atoms with Crippen LogP contribution in [0.25, 0.3) is 0 Å². The minimum atomic E-state index is -4.94. The zero-order chi connectivity index (χ0) is 26.2. The van der Waals surface area contributed by atoms with Gasteiger partial charge in [0.25, 0.3) is 10.0 Å². The number of amides is 2. The van der Waals surface area contributed by atoms with Gasteiger partial charge in [0.05, 0.1) is 12.3 Å². The number of sulfonamides is 1. The average molecular weight is 518 g/mol. The molecule has 0 saturated heterocycles. The van der Waals surface area contributed by atoms with Crippen LogP contribution in [0.1, 0.15) is 27.2 Å². The molecular weight excluding hydrogens is 491 g/mol. The smallest absolute Gasteiger partial charge is 0.492 e. The van der Waals surface area contributed by atoms with Gasteiger partial charge in [-0.3, -0.25) is 14.3 Å². The molecule has 192 valence electrons. The van der Waals surface area contributed by atoms with Crippen molar-refractivity contribution in [1.29, 1.82) is 0 Å². The van der Waals surface area contributed by atoms with E-state index in [0.29, 0.717) is 12.8 Å². The van der Waals surface area contributed by atoms with E-state index < -0.39 is 34.1 Å². The fourth-order valence-electron chi connectivity index (χ4n) is 3.07.